The van der Waals surface area contributed by atoms with E-state index in [1.807, 2.05) is 13.8 Å². The van der Waals surface area contributed by atoms with Crippen molar-refractivity contribution in [2.45, 2.75) is 57.9 Å². The SMILES string of the molecule is CC[C@H](C)[C@H](NC(=O)OC(C)(C)C)c1nnc(SCC(N)=O)o1. The van der Waals surface area contributed by atoms with Gasteiger partial charge in [-0.05, 0) is 26.7 Å². The van der Waals surface area contributed by atoms with E-state index in [1.54, 1.807) is 20.8 Å². The number of aromatic nitrogens is 2. The van der Waals surface area contributed by atoms with E-state index in [0.717, 1.165) is 18.2 Å². The monoisotopic (exact) mass is 344 g/mol. The van der Waals surface area contributed by atoms with Crippen LogP contribution < -0.4 is 11.1 Å². The maximum absolute atomic E-state index is 12.0. The number of nitrogens with one attached hydrogen (secondary N) is 1. The van der Waals surface area contributed by atoms with E-state index in [2.05, 4.69) is 15.5 Å². The van der Waals surface area contributed by atoms with Gasteiger partial charge in [0.25, 0.3) is 5.22 Å². The van der Waals surface area contributed by atoms with Gasteiger partial charge in [0.2, 0.25) is 11.8 Å². The molecule has 0 bridgehead atoms. The van der Waals surface area contributed by atoms with E-state index in [9.17, 15) is 9.59 Å². The van der Waals surface area contributed by atoms with Crippen LogP contribution in [0.15, 0.2) is 9.64 Å². The summed E-state index contributed by atoms with van der Waals surface area (Å²) in [5, 5.41) is 10.8. The molecule has 0 saturated heterocycles. The van der Waals surface area contributed by atoms with Crippen LogP contribution in [-0.4, -0.2) is 33.6 Å². The lowest BCUT2D eigenvalue weighted by molar-refractivity contribution is -0.115. The first-order valence-electron chi connectivity index (χ1n) is 7.36. The summed E-state index contributed by atoms with van der Waals surface area (Å²) in [6.45, 7) is 9.32. The molecule has 0 aliphatic heterocycles. The summed E-state index contributed by atoms with van der Waals surface area (Å²) in [7, 11) is 0. The fourth-order valence-corrected chi connectivity index (χ4v) is 2.16. The normalized spacial score (nSPS) is 14.1. The summed E-state index contributed by atoms with van der Waals surface area (Å²) < 4.78 is 10.8. The van der Waals surface area contributed by atoms with Gasteiger partial charge in [0.05, 0.1) is 5.75 Å². The Labute approximate surface area is 139 Å². The second-order valence-electron chi connectivity index (χ2n) is 6.17. The van der Waals surface area contributed by atoms with Crippen LogP contribution in [0, 0.1) is 5.92 Å². The zero-order valence-corrected chi connectivity index (χ0v) is 14.9. The minimum atomic E-state index is -0.596. The highest BCUT2D eigenvalue weighted by Crippen LogP contribution is 2.26. The van der Waals surface area contributed by atoms with E-state index < -0.39 is 23.6 Å². The Morgan fingerprint density at radius 1 is 1.39 bits per heavy atom. The molecule has 1 aromatic heterocycles. The molecule has 2 amide bonds. The van der Waals surface area contributed by atoms with Gasteiger partial charge in [-0.15, -0.1) is 10.2 Å². The van der Waals surface area contributed by atoms with Gasteiger partial charge in [-0.2, -0.15) is 0 Å². The number of alkyl carbamates (subject to hydrolysis) is 1. The number of ether oxygens (including phenoxy) is 1. The molecule has 0 radical (unpaired) electrons. The fraction of sp³-hybridized carbons (Fsp3) is 0.714. The number of rotatable bonds is 7. The molecule has 2 atom stereocenters. The van der Waals surface area contributed by atoms with Gasteiger partial charge < -0.3 is 20.2 Å². The molecule has 130 valence electrons. The minimum absolute atomic E-state index is 0.0507. The molecule has 0 aromatic carbocycles. The highest BCUT2D eigenvalue weighted by atomic mass is 32.2. The zero-order valence-electron chi connectivity index (χ0n) is 14.1. The third kappa shape index (κ3) is 6.89. The third-order valence-corrected chi connectivity index (χ3v) is 3.75. The van der Waals surface area contributed by atoms with Crippen molar-refractivity contribution in [3.05, 3.63) is 5.89 Å². The smallest absolute Gasteiger partial charge is 0.408 e. The largest absolute Gasteiger partial charge is 0.444 e. The molecule has 1 aromatic rings. The van der Waals surface area contributed by atoms with Crippen molar-refractivity contribution in [1.29, 1.82) is 0 Å². The van der Waals surface area contributed by atoms with Crippen LogP contribution in [0.5, 0.6) is 0 Å². The Morgan fingerprint density at radius 3 is 2.57 bits per heavy atom. The zero-order chi connectivity index (χ0) is 17.6. The van der Waals surface area contributed by atoms with Crippen molar-refractivity contribution in [1.82, 2.24) is 15.5 Å². The Kier molecular flexibility index (Phi) is 6.86. The molecule has 8 nitrogen and oxygen atoms in total. The Morgan fingerprint density at radius 2 is 2.04 bits per heavy atom. The Hall–Kier alpha value is -1.77. The average molecular weight is 344 g/mol. The number of amides is 2. The van der Waals surface area contributed by atoms with Crippen LogP contribution in [0.25, 0.3) is 0 Å². The number of hydrogen-bond donors (Lipinski definition) is 2. The van der Waals surface area contributed by atoms with E-state index in [4.69, 9.17) is 14.9 Å². The maximum atomic E-state index is 12.0. The molecular weight excluding hydrogens is 320 g/mol. The lowest BCUT2D eigenvalue weighted by Crippen LogP contribution is -2.37. The molecule has 1 heterocycles. The van der Waals surface area contributed by atoms with Crippen LogP contribution in [-0.2, 0) is 9.53 Å². The first-order chi connectivity index (χ1) is 10.6. The van der Waals surface area contributed by atoms with Crippen molar-refractivity contribution < 1.29 is 18.7 Å². The number of primary amides is 1. The standard InChI is InChI=1S/C14H24N4O4S/c1-6-8(2)10(16-12(20)22-14(3,4)5)11-17-18-13(21-11)23-7-9(15)19/h8,10H,6-7H2,1-5H3,(H2,15,19)(H,16,20)/t8-,10-/m0/s1. The molecule has 0 unspecified atom stereocenters. The lowest BCUT2D eigenvalue weighted by Gasteiger charge is -2.24. The molecule has 0 spiro atoms. The molecule has 1 rings (SSSR count). The average Bonchev–Trinajstić information content (AvgIpc) is 2.88. The summed E-state index contributed by atoms with van der Waals surface area (Å²) in [6.07, 6.45) is 0.249. The Balaban J connectivity index is 2.82. The molecule has 0 aliphatic rings. The van der Waals surface area contributed by atoms with Gasteiger partial charge in [-0.1, -0.05) is 32.0 Å². The fourth-order valence-electron chi connectivity index (χ4n) is 1.65. The maximum Gasteiger partial charge on any atom is 0.408 e. The van der Waals surface area contributed by atoms with Crippen LogP contribution in [0.1, 0.15) is 53.0 Å². The van der Waals surface area contributed by atoms with E-state index >= 15 is 0 Å². The van der Waals surface area contributed by atoms with E-state index in [1.165, 1.54) is 0 Å². The lowest BCUT2D eigenvalue weighted by atomic mass is 9.99. The van der Waals surface area contributed by atoms with Gasteiger partial charge in [0, 0.05) is 0 Å². The van der Waals surface area contributed by atoms with Crippen LogP contribution >= 0.6 is 11.8 Å². The van der Waals surface area contributed by atoms with Gasteiger partial charge >= 0.3 is 6.09 Å². The summed E-state index contributed by atoms with van der Waals surface area (Å²) >= 11 is 1.06. The van der Waals surface area contributed by atoms with Gasteiger partial charge in [-0.3, -0.25) is 4.79 Å². The summed E-state index contributed by atoms with van der Waals surface area (Å²) in [4.78, 5) is 22.8. The van der Waals surface area contributed by atoms with Gasteiger partial charge in [0.1, 0.15) is 11.6 Å². The topological polar surface area (TPSA) is 120 Å². The van der Waals surface area contributed by atoms with Crippen molar-refractivity contribution in [2.24, 2.45) is 11.7 Å². The summed E-state index contributed by atoms with van der Waals surface area (Å²) in [5.74, 6) is -0.0796. The summed E-state index contributed by atoms with van der Waals surface area (Å²) in [6, 6.07) is -0.467. The number of nitrogens with zero attached hydrogens (tertiary/aromatic N) is 2. The van der Waals surface area contributed by atoms with Crippen molar-refractivity contribution in [3.8, 4) is 0 Å². The predicted molar refractivity (Wildman–Crippen MR) is 85.8 cm³/mol. The van der Waals surface area contributed by atoms with E-state index in [-0.39, 0.29) is 22.8 Å². The second kappa shape index (κ2) is 8.19. The predicted octanol–water partition coefficient (Wildman–Crippen LogP) is 2.26. The minimum Gasteiger partial charge on any atom is -0.444 e. The third-order valence-electron chi connectivity index (χ3n) is 2.91. The highest BCUT2D eigenvalue weighted by Gasteiger charge is 2.28. The second-order valence-corrected chi connectivity index (χ2v) is 7.10. The molecule has 0 fully saturated rings. The van der Waals surface area contributed by atoms with Crippen molar-refractivity contribution >= 4 is 23.8 Å². The van der Waals surface area contributed by atoms with Crippen molar-refractivity contribution in [2.75, 3.05) is 5.75 Å². The Bertz CT molecular complexity index is 541. The number of nitrogens with two attached hydrogens (primary N) is 1. The van der Waals surface area contributed by atoms with Crippen LogP contribution in [0.4, 0.5) is 4.79 Å². The number of carbonyl (C=O) groups excluding carboxylic acids is 2. The van der Waals surface area contributed by atoms with Gasteiger partial charge in [-0.25, -0.2) is 4.79 Å². The molecule has 3 N–H and O–H groups in total. The van der Waals surface area contributed by atoms with Crippen LogP contribution in [0.2, 0.25) is 0 Å². The van der Waals surface area contributed by atoms with E-state index in [0.29, 0.717) is 0 Å². The first kappa shape index (κ1) is 19.3. The number of thioether (sulfide) groups is 1. The van der Waals surface area contributed by atoms with Crippen molar-refractivity contribution in [3.63, 3.8) is 0 Å². The van der Waals surface area contributed by atoms with Gasteiger partial charge in [0.15, 0.2) is 0 Å². The number of hydrogen-bond acceptors (Lipinski definition) is 7. The first-order valence-corrected chi connectivity index (χ1v) is 8.35. The molecule has 9 heteroatoms. The van der Waals surface area contributed by atoms with Crippen LogP contribution in [0.3, 0.4) is 0 Å². The molecule has 0 saturated carbocycles. The number of carbonyl (C=O) groups is 2. The summed E-state index contributed by atoms with van der Waals surface area (Å²) in [5.41, 5.74) is 4.48. The molecule has 0 aliphatic carbocycles. The molecule has 23 heavy (non-hydrogen) atoms. The highest BCUT2D eigenvalue weighted by molar-refractivity contribution is 7.99. The molecular formula is C14H24N4O4S. The quantitative estimate of drug-likeness (QED) is 0.728.